The highest BCUT2D eigenvalue weighted by Gasteiger charge is 2.17. The zero-order chi connectivity index (χ0) is 16.3. The zero-order valence-corrected chi connectivity index (χ0v) is 13.3. The van der Waals surface area contributed by atoms with E-state index >= 15 is 0 Å². The van der Waals surface area contributed by atoms with Gasteiger partial charge in [-0.15, -0.1) is 0 Å². The molecule has 6 nitrogen and oxygen atoms in total. The van der Waals surface area contributed by atoms with Crippen LogP contribution in [0, 0.1) is 6.33 Å². The van der Waals surface area contributed by atoms with Crippen molar-refractivity contribution in [3.63, 3.8) is 0 Å². The van der Waals surface area contributed by atoms with Crippen LogP contribution in [0.5, 0.6) is 0 Å². The molecule has 0 amide bonds. The number of furan rings is 1. The van der Waals surface area contributed by atoms with E-state index in [0.717, 1.165) is 38.9 Å². The second kappa shape index (κ2) is 4.61. The molecule has 0 atom stereocenters. The van der Waals surface area contributed by atoms with Crippen LogP contribution in [0.4, 0.5) is 0 Å². The maximum Gasteiger partial charge on any atom is 0.243 e. The Morgan fingerprint density at radius 1 is 1.25 bits per heavy atom. The molecule has 118 valence electrons. The number of aromatic amines is 1. The van der Waals surface area contributed by atoms with Gasteiger partial charge in [0.15, 0.2) is 5.76 Å². The lowest BCUT2D eigenvalue weighted by molar-refractivity contribution is -0.674. The SMILES string of the molecule is Cn1cnc(-c2occ3c2[nH]c2c(-n4[c-][n+](C)cc4)cccc23)c1. The summed E-state index contributed by atoms with van der Waals surface area (Å²) in [6.45, 7) is 0. The van der Waals surface area contributed by atoms with Crippen molar-refractivity contribution in [2.45, 2.75) is 0 Å². The van der Waals surface area contributed by atoms with Crippen LogP contribution < -0.4 is 4.57 Å². The number of nitrogens with one attached hydrogen (secondary N) is 1. The lowest BCUT2D eigenvalue weighted by Crippen LogP contribution is -2.24. The van der Waals surface area contributed by atoms with E-state index < -0.39 is 0 Å². The number of nitrogens with zero attached hydrogens (tertiary/aromatic N) is 4. The summed E-state index contributed by atoms with van der Waals surface area (Å²) in [7, 11) is 3.90. The minimum atomic E-state index is 0.759. The second-order valence-corrected chi connectivity index (χ2v) is 5.98. The van der Waals surface area contributed by atoms with E-state index in [0.29, 0.717) is 0 Å². The van der Waals surface area contributed by atoms with E-state index in [-0.39, 0.29) is 0 Å². The van der Waals surface area contributed by atoms with Gasteiger partial charge in [-0.05, 0) is 0 Å². The number of H-pyrrole nitrogens is 1. The van der Waals surface area contributed by atoms with E-state index in [1.54, 1.807) is 12.6 Å². The summed E-state index contributed by atoms with van der Waals surface area (Å²) in [6, 6.07) is 6.22. The fourth-order valence-corrected chi connectivity index (χ4v) is 3.16. The van der Waals surface area contributed by atoms with Crippen LogP contribution in [0.1, 0.15) is 0 Å². The summed E-state index contributed by atoms with van der Waals surface area (Å²) in [4.78, 5) is 7.91. The van der Waals surface area contributed by atoms with E-state index in [1.807, 2.05) is 52.5 Å². The molecule has 24 heavy (non-hydrogen) atoms. The van der Waals surface area contributed by atoms with E-state index in [2.05, 4.69) is 28.4 Å². The first-order chi connectivity index (χ1) is 11.7. The summed E-state index contributed by atoms with van der Waals surface area (Å²) in [6.07, 6.45) is 12.7. The normalized spacial score (nSPS) is 11.8. The van der Waals surface area contributed by atoms with Crippen LogP contribution >= 0.6 is 0 Å². The Morgan fingerprint density at radius 2 is 2.17 bits per heavy atom. The lowest BCUT2D eigenvalue weighted by atomic mass is 10.2. The molecule has 5 rings (SSSR count). The Labute approximate surface area is 137 Å². The van der Waals surface area contributed by atoms with Gasteiger partial charge in [0.2, 0.25) is 6.33 Å². The molecule has 0 aliphatic carbocycles. The predicted molar refractivity (Wildman–Crippen MR) is 89.6 cm³/mol. The van der Waals surface area contributed by atoms with E-state index in [9.17, 15) is 0 Å². The number of benzene rings is 1. The van der Waals surface area contributed by atoms with Gasteiger partial charge < -0.3 is 23.1 Å². The highest BCUT2D eigenvalue weighted by atomic mass is 16.3. The topological polar surface area (TPSA) is 55.6 Å². The Morgan fingerprint density at radius 3 is 2.92 bits per heavy atom. The average Bonchev–Trinajstić information content (AvgIpc) is 3.30. The van der Waals surface area contributed by atoms with Gasteiger partial charge in [0.25, 0.3) is 0 Å². The molecule has 4 heterocycles. The number of aryl methyl sites for hydroxylation is 2. The van der Waals surface area contributed by atoms with Crippen molar-refractivity contribution in [1.82, 2.24) is 19.1 Å². The van der Waals surface area contributed by atoms with Crippen molar-refractivity contribution in [2.75, 3.05) is 0 Å². The third kappa shape index (κ3) is 1.76. The van der Waals surface area contributed by atoms with Crippen molar-refractivity contribution in [1.29, 1.82) is 0 Å². The van der Waals surface area contributed by atoms with Gasteiger partial charge in [0, 0.05) is 36.4 Å². The second-order valence-electron chi connectivity index (χ2n) is 5.98. The van der Waals surface area contributed by atoms with Gasteiger partial charge in [0.1, 0.15) is 12.0 Å². The molecule has 0 radical (unpaired) electrons. The van der Waals surface area contributed by atoms with Gasteiger partial charge in [0.05, 0.1) is 30.1 Å². The maximum atomic E-state index is 5.79. The number of aromatic nitrogens is 5. The Hall–Kier alpha value is -3.28. The van der Waals surface area contributed by atoms with Gasteiger partial charge in [-0.25, -0.2) is 4.98 Å². The summed E-state index contributed by atoms with van der Waals surface area (Å²) in [5.41, 5.74) is 3.89. The standard InChI is InChI=1S/C18H15N5O/c1-21-6-7-23(11-21)15-5-3-4-12-13-9-24-18(17(13)20-16(12)15)14-8-22(2)10-19-14/h3-10,20H,1-2H3. The molecule has 0 aliphatic rings. The van der Waals surface area contributed by atoms with Crippen molar-refractivity contribution in [3.8, 4) is 17.1 Å². The van der Waals surface area contributed by atoms with Crippen LogP contribution in [0.3, 0.4) is 0 Å². The average molecular weight is 317 g/mol. The number of fused-ring (bicyclic) bond motifs is 3. The third-order valence-electron chi connectivity index (χ3n) is 4.28. The van der Waals surface area contributed by atoms with Crippen LogP contribution in [-0.2, 0) is 14.1 Å². The highest BCUT2D eigenvalue weighted by molar-refractivity contribution is 6.12. The monoisotopic (exact) mass is 317 g/mol. The Bertz CT molecular complexity index is 1190. The molecule has 1 N–H and O–H groups in total. The molecular weight excluding hydrogens is 302 g/mol. The van der Waals surface area contributed by atoms with Crippen LogP contribution in [0.25, 0.3) is 38.9 Å². The molecule has 6 heteroatoms. The number of hydrogen-bond acceptors (Lipinski definition) is 2. The molecule has 1 aromatic carbocycles. The fraction of sp³-hybridized carbons (Fsp3) is 0.111. The van der Waals surface area contributed by atoms with Gasteiger partial charge >= 0.3 is 0 Å². The quantitative estimate of drug-likeness (QED) is 0.402. The number of rotatable bonds is 2. The predicted octanol–water partition coefficient (Wildman–Crippen LogP) is 2.73. The Kier molecular flexibility index (Phi) is 2.53. The number of para-hydroxylation sites is 1. The van der Waals surface area contributed by atoms with Crippen molar-refractivity contribution in [2.24, 2.45) is 14.1 Å². The minimum absolute atomic E-state index is 0.759. The molecule has 0 aliphatic heterocycles. The molecule has 0 saturated carbocycles. The molecule has 0 saturated heterocycles. The largest absolute Gasteiger partial charge is 0.460 e. The van der Waals surface area contributed by atoms with Gasteiger partial charge in [-0.2, -0.15) is 0 Å². The van der Waals surface area contributed by atoms with Crippen LogP contribution in [0.15, 0.2) is 53.8 Å². The summed E-state index contributed by atoms with van der Waals surface area (Å²) < 4.78 is 11.6. The number of hydrogen-bond donors (Lipinski definition) is 1. The summed E-state index contributed by atoms with van der Waals surface area (Å²) in [5.74, 6) is 0.759. The van der Waals surface area contributed by atoms with Crippen molar-refractivity contribution < 1.29 is 8.98 Å². The van der Waals surface area contributed by atoms with E-state index in [4.69, 9.17) is 4.42 Å². The molecule has 5 aromatic rings. The first kappa shape index (κ1) is 13.2. The zero-order valence-electron chi connectivity index (χ0n) is 13.3. The summed E-state index contributed by atoms with van der Waals surface area (Å²) >= 11 is 0. The maximum absolute atomic E-state index is 5.79. The molecular formula is C18H15N5O. The van der Waals surface area contributed by atoms with E-state index in [1.165, 1.54) is 0 Å². The fourth-order valence-electron chi connectivity index (χ4n) is 3.16. The first-order valence-electron chi connectivity index (χ1n) is 7.67. The third-order valence-corrected chi connectivity index (χ3v) is 4.28. The van der Waals surface area contributed by atoms with Crippen molar-refractivity contribution in [3.05, 3.63) is 55.7 Å². The molecule has 4 aromatic heterocycles. The first-order valence-corrected chi connectivity index (χ1v) is 7.67. The van der Waals surface area contributed by atoms with Crippen molar-refractivity contribution >= 4 is 21.8 Å². The molecule has 0 unspecified atom stereocenters. The molecule has 0 bridgehead atoms. The van der Waals surface area contributed by atoms with Crippen LogP contribution in [0.2, 0.25) is 0 Å². The van der Waals surface area contributed by atoms with Gasteiger partial charge in [-0.1, -0.05) is 18.2 Å². The molecule has 0 spiro atoms. The Balaban J connectivity index is 1.80. The molecule has 0 fully saturated rings. The highest BCUT2D eigenvalue weighted by Crippen LogP contribution is 2.36. The van der Waals surface area contributed by atoms with Gasteiger partial charge in [-0.3, -0.25) is 0 Å². The smallest absolute Gasteiger partial charge is 0.243 e. The van der Waals surface area contributed by atoms with Crippen LogP contribution in [-0.4, -0.2) is 19.1 Å². The summed E-state index contributed by atoms with van der Waals surface area (Å²) in [5, 5.41) is 2.18. The number of imidazole rings is 2. The minimum Gasteiger partial charge on any atom is -0.460 e. The lowest BCUT2D eigenvalue weighted by Gasteiger charge is -2.04.